The van der Waals surface area contributed by atoms with Gasteiger partial charge in [0.2, 0.25) is 0 Å². The lowest BCUT2D eigenvalue weighted by Gasteiger charge is -2.29. The molecule has 1 aliphatic heterocycles. The van der Waals surface area contributed by atoms with Crippen LogP contribution in [0.5, 0.6) is 5.75 Å². The van der Waals surface area contributed by atoms with E-state index in [4.69, 9.17) is 4.74 Å². The maximum atomic E-state index is 10.3. The number of hydrogen-bond donors (Lipinski definition) is 2. The summed E-state index contributed by atoms with van der Waals surface area (Å²) in [7, 11) is 0. The molecule has 2 aromatic carbocycles. The van der Waals surface area contributed by atoms with Crippen LogP contribution in [-0.2, 0) is 6.42 Å². The molecule has 1 heterocycles. The molecule has 20 heavy (non-hydrogen) atoms. The largest absolute Gasteiger partial charge is 0.487 e. The molecule has 3 nitrogen and oxygen atoms in total. The molecule has 0 bridgehead atoms. The SMILES string of the molecule is O[C@H](CNc1ccccc1)[C@@H]1CCc2ccccc2O1. The summed E-state index contributed by atoms with van der Waals surface area (Å²) >= 11 is 0. The van der Waals surface area contributed by atoms with Gasteiger partial charge in [-0.15, -0.1) is 0 Å². The molecule has 0 radical (unpaired) electrons. The summed E-state index contributed by atoms with van der Waals surface area (Å²) < 4.78 is 5.89. The molecule has 0 aliphatic carbocycles. The lowest BCUT2D eigenvalue weighted by atomic mass is 9.99. The average Bonchev–Trinajstić information content (AvgIpc) is 2.53. The molecule has 2 N–H and O–H groups in total. The van der Waals surface area contributed by atoms with E-state index in [0.29, 0.717) is 6.54 Å². The second-order valence-corrected chi connectivity index (χ2v) is 5.12. The fourth-order valence-electron chi connectivity index (χ4n) is 2.53. The summed E-state index contributed by atoms with van der Waals surface area (Å²) in [5.41, 5.74) is 2.25. The van der Waals surface area contributed by atoms with Crippen LogP contribution >= 0.6 is 0 Å². The van der Waals surface area contributed by atoms with Gasteiger partial charge in [-0.1, -0.05) is 36.4 Å². The summed E-state index contributed by atoms with van der Waals surface area (Å²) in [6.45, 7) is 0.497. The minimum Gasteiger partial charge on any atom is -0.487 e. The van der Waals surface area contributed by atoms with Gasteiger partial charge < -0.3 is 15.2 Å². The summed E-state index contributed by atoms with van der Waals surface area (Å²) in [5, 5.41) is 13.5. The normalized spacial score (nSPS) is 18.8. The van der Waals surface area contributed by atoms with E-state index in [1.165, 1.54) is 5.56 Å². The number of rotatable bonds is 4. The van der Waals surface area contributed by atoms with Crippen molar-refractivity contribution in [3.8, 4) is 5.75 Å². The van der Waals surface area contributed by atoms with Gasteiger partial charge in [0.15, 0.2) is 0 Å². The topological polar surface area (TPSA) is 41.5 Å². The third kappa shape index (κ3) is 2.94. The zero-order valence-electron chi connectivity index (χ0n) is 11.3. The zero-order chi connectivity index (χ0) is 13.8. The first-order valence-corrected chi connectivity index (χ1v) is 7.04. The minimum absolute atomic E-state index is 0.138. The molecule has 0 saturated heterocycles. The quantitative estimate of drug-likeness (QED) is 0.896. The number of aliphatic hydroxyl groups is 1. The highest BCUT2D eigenvalue weighted by Gasteiger charge is 2.25. The van der Waals surface area contributed by atoms with Crippen LogP contribution in [-0.4, -0.2) is 23.9 Å². The number of ether oxygens (including phenoxy) is 1. The van der Waals surface area contributed by atoms with Gasteiger partial charge in [-0.3, -0.25) is 0 Å². The van der Waals surface area contributed by atoms with Crippen LogP contribution in [0.3, 0.4) is 0 Å². The second kappa shape index (κ2) is 5.97. The Morgan fingerprint density at radius 3 is 2.70 bits per heavy atom. The summed E-state index contributed by atoms with van der Waals surface area (Å²) in [5.74, 6) is 0.905. The Bertz CT molecular complexity index is 556. The molecule has 0 saturated carbocycles. The molecule has 0 amide bonds. The number of aryl methyl sites for hydroxylation is 1. The van der Waals surface area contributed by atoms with E-state index >= 15 is 0 Å². The van der Waals surface area contributed by atoms with Gasteiger partial charge in [0.1, 0.15) is 18.0 Å². The Kier molecular flexibility index (Phi) is 3.88. The molecule has 0 fully saturated rings. The van der Waals surface area contributed by atoms with Crippen LogP contribution in [0.2, 0.25) is 0 Å². The molecule has 1 aliphatic rings. The van der Waals surface area contributed by atoms with Gasteiger partial charge in [0, 0.05) is 12.2 Å². The van der Waals surface area contributed by atoms with Crippen LogP contribution in [0.25, 0.3) is 0 Å². The fourth-order valence-corrected chi connectivity index (χ4v) is 2.53. The van der Waals surface area contributed by atoms with Crippen molar-refractivity contribution in [2.24, 2.45) is 0 Å². The number of fused-ring (bicyclic) bond motifs is 1. The Morgan fingerprint density at radius 1 is 1.10 bits per heavy atom. The lowest BCUT2D eigenvalue weighted by Crippen LogP contribution is -2.39. The van der Waals surface area contributed by atoms with Crippen molar-refractivity contribution < 1.29 is 9.84 Å². The molecule has 2 atom stereocenters. The van der Waals surface area contributed by atoms with Crippen LogP contribution in [0, 0.1) is 0 Å². The molecule has 104 valence electrons. The highest BCUT2D eigenvalue weighted by molar-refractivity contribution is 5.42. The van der Waals surface area contributed by atoms with Crippen molar-refractivity contribution in [3.05, 3.63) is 60.2 Å². The minimum atomic E-state index is -0.511. The number of para-hydroxylation sites is 2. The lowest BCUT2D eigenvalue weighted by molar-refractivity contribution is 0.0321. The maximum Gasteiger partial charge on any atom is 0.127 e. The number of aliphatic hydroxyl groups excluding tert-OH is 1. The first kappa shape index (κ1) is 13.0. The van der Waals surface area contributed by atoms with Crippen molar-refractivity contribution in [1.82, 2.24) is 0 Å². The average molecular weight is 269 g/mol. The molecule has 3 rings (SSSR count). The molecule has 0 unspecified atom stereocenters. The first-order chi connectivity index (χ1) is 9.83. The highest BCUT2D eigenvalue weighted by Crippen LogP contribution is 2.28. The van der Waals surface area contributed by atoms with Gasteiger partial charge in [-0.25, -0.2) is 0 Å². The monoisotopic (exact) mass is 269 g/mol. The van der Waals surface area contributed by atoms with Crippen LogP contribution in [0.4, 0.5) is 5.69 Å². The summed E-state index contributed by atoms with van der Waals surface area (Å²) in [6, 6.07) is 17.9. The van der Waals surface area contributed by atoms with Crippen molar-refractivity contribution in [2.75, 3.05) is 11.9 Å². The van der Waals surface area contributed by atoms with E-state index in [0.717, 1.165) is 24.3 Å². The Hall–Kier alpha value is -2.00. The van der Waals surface area contributed by atoms with E-state index in [1.54, 1.807) is 0 Å². The van der Waals surface area contributed by atoms with E-state index in [-0.39, 0.29) is 6.10 Å². The van der Waals surface area contributed by atoms with E-state index in [9.17, 15) is 5.11 Å². The number of benzene rings is 2. The van der Waals surface area contributed by atoms with Crippen molar-refractivity contribution in [3.63, 3.8) is 0 Å². The molecule has 2 aromatic rings. The van der Waals surface area contributed by atoms with E-state index < -0.39 is 6.10 Å². The van der Waals surface area contributed by atoms with Gasteiger partial charge >= 0.3 is 0 Å². The summed E-state index contributed by atoms with van der Waals surface area (Å²) in [4.78, 5) is 0. The Balaban J connectivity index is 1.58. The standard InChI is InChI=1S/C17H19NO2/c19-15(12-18-14-7-2-1-3-8-14)17-11-10-13-6-4-5-9-16(13)20-17/h1-9,15,17-19H,10-12H2/t15-,17+/m1/s1. The van der Waals surface area contributed by atoms with Gasteiger partial charge in [0.25, 0.3) is 0 Å². The third-order valence-corrected chi connectivity index (χ3v) is 3.67. The first-order valence-electron chi connectivity index (χ1n) is 7.04. The van der Waals surface area contributed by atoms with Crippen molar-refractivity contribution in [2.45, 2.75) is 25.0 Å². The fraction of sp³-hybridized carbons (Fsp3) is 0.294. The Labute approximate surface area is 119 Å². The molecule has 0 spiro atoms. The number of nitrogens with one attached hydrogen (secondary N) is 1. The predicted molar refractivity (Wildman–Crippen MR) is 80.1 cm³/mol. The highest BCUT2D eigenvalue weighted by atomic mass is 16.5. The predicted octanol–water partition coefficient (Wildman–Crippen LogP) is 2.85. The smallest absolute Gasteiger partial charge is 0.127 e. The van der Waals surface area contributed by atoms with Crippen molar-refractivity contribution >= 4 is 5.69 Å². The van der Waals surface area contributed by atoms with Crippen LogP contribution in [0.15, 0.2) is 54.6 Å². The van der Waals surface area contributed by atoms with Gasteiger partial charge in [0.05, 0.1) is 0 Å². The molecular weight excluding hydrogens is 250 g/mol. The third-order valence-electron chi connectivity index (χ3n) is 3.67. The Morgan fingerprint density at radius 2 is 1.85 bits per heavy atom. The molecule has 0 aromatic heterocycles. The molecular formula is C17H19NO2. The maximum absolute atomic E-state index is 10.3. The van der Waals surface area contributed by atoms with Gasteiger partial charge in [-0.05, 0) is 36.6 Å². The number of anilines is 1. The molecule has 3 heteroatoms. The van der Waals surface area contributed by atoms with Gasteiger partial charge in [-0.2, -0.15) is 0 Å². The number of hydrogen-bond acceptors (Lipinski definition) is 3. The van der Waals surface area contributed by atoms with E-state index in [2.05, 4.69) is 11.4 Å². The second-order valence-electron chi connectivity index (χ2n) is 5.12. The summed E-state index contributed by atoms with van der Waals surface area (Å²) in [6.07, 6.45) is 1.17. The zero-order valence-corrected chi connectivity index (χ0v) is 11.3. The van der Waals surface area contributed by atoms with E-state index in [1.807, 2.05) is 48.5 Å². The van der Waals surface area contributed by atoms with Crippen LogP contribution < -0.4 is 10.1 Å². The van der Waals surface area contributed by atoms with Crippen LogP contribution in [0.1, 0.15) is 12.0 Å². The van der Waals surface area contributed by atoms with Crippen molar-refractivity contribution in [1.29, 1.82) is 0 Å².